The van der Waals surface area contributed by atoms with Gasteiger partial charge >= 0.3 is 0 Å². The number of nitrogens with zero attached hydrogens (tertiary/aromatic N) is 2. The van der Waals surface area contributed by atoms with E-state index >= 15 is 0 Å². The summed E-state index contributed by atoms with van der Waals surface area (Å²) < 4.78 is 13.2. The first-order chi connectivity index (χ1) is 9.69. The van der Waals surface area contributed by atoms with Crippen LogP contribution in [0.4, 0.5) is 4.39 Å². The zero-order valence-electron chi connectivity index (χ0n) is 12.1. The smallest absolute Gasteiger partial charge is 0.236 e. The van der Waals surface area contributed by atoms with Crippen LogP contribution in [0, 0.1) is 5.82 Å². The number of carbonyl (C=O) groups excluding carboxylic acids is 1. The molecule has 1 aromatic carbocycles. The van der Waals surface area contributed by atoms with E-state index in [1.165, 1.54) is 18.6 Å². The molecule has 0 unspecified atom stereocenters. The maximum absolute atomic E-state index is 13.2. The van der Waals surface area contributed by atoms with E-state index in [1.54, 1.807) is 6.07 Å². The van der Waals surface area contributed by atoms with Gasteiger partial charge in [0.1, 0.15) is 5.82 Å². The van der Waals surface area contributed by atoms with Crippen molar-refractivity contribution in [2.75, 3.05) is 26.2 Å². The lowest BCUT2D eigenvalue weighted by molar-refractivity contribution is -0.133. The summed E-state index contributed by atoms with van der Waals surface area (Å²) in [6.07, 6.45) is 3.45. The topological polar surface area (TPSA) is 23.6 Å². The van der Waals surface area contributed by atoms with Crippen molar-refractivity contribution >= 4 is 5.91 Å². The van der Waals surface area contributed by atoms with Gasteiger partial charge in [0, 0.05) is 19.6 Å². The van der Waals surface area contributed by atoms with Gasteiger partial charge in [-0.2, -0.15) is 0 Å². The first kappa shape index (κ1) is 15.0. The van der Waals surface area contributed by atoms with E-state index in [-0.39, 0.29) is 11.7 Å². The predicted molar refractivity (Wildman–Crippen MR) is 77.8 cm³/mol. The van der Waals surface area contributed by atoms with Crippen molar-refractivity contribution in [1.29, 1.82) is 0 Å². The van der Waals surface area contributed by atoms with Crippen LogP contribution in [0.5, 0.6) is 0 Å². The maximum atomic E-state index is 13.2. The minimum atomic E-state index is -0.221. The second-order valence-corrected chi connectivity index (χ2v) is 5.37. The third-order valence-electron chi connectivity index (χ3n) is 3.81. The predicted octanol–water partition coefficient (Wildman–Crippen LogP) is 2.66. The molecular formula is C16H23FN2O. The highest BCUT2D eigenvalue weighted by Gasteiger charge is 2.18. The Morgan fingerprint density at radius 1 is 1.30 bits per heavy atom. The summed E-state index contributed by atoms with van der Waals surface area (Å²) >= 11 is 0. The van der Waals surface area contributed by atoms with E-state index in [1.807, 2.05) is 17.9 Å². The molecule has 1 aliphatic heterocycles. The van der Waals surface area contributed by atoms with Gasteiger partial charge < -0.3 is 4.90 Å². The van der Waals surface area contributed by atoms with Gasteiger partial charge in [0.25, 0.3) is 0 Å². The van der Waals surface area contributed by atoms with Crippen molar-refractivity contribution in [2.24, 2.45) is 0 Å². The molecule has 0 spiro atoms. The number of carbonyl (C=O) groups is 1. The molecule has 4 heteroatoms. The van der Waals surface area contributed by atoms with E-state index in [9.17, 15) is 9.18 Å². The number of likely N-dealkylation sites (tertiary alicyclic amines) is 1. The number of piperidine rings is 1. The molecule has 1 fully saturated rings. The van der Waals surface area contributed by atoms with Crippen LogP contribution < -0.4 is 0 Å². The third kappa shape index (κ3) is 4.30. The normalized spacial score (nSPS) is 15.7. The monoisotopic (exact) mass is 278 g/mol. The van der Waals surface area contributed by atoms with E-state index < -0.39 is 0 Å². The second kappa shape index (κ2) is 7.39. The average Bonchev–Trinajstić information content (AvgIpc) is 2.47. The molecule has 1 aromatic rings. The Balaban J connectivity index is 1.89. The minimum Gasteiger partial charge on any atom is -0.342 e. The lowest BCUT2D eigenvalue weighted by Gasteiger charge is -2.29. The Bertz CT molecular complexity index is 444. The number of benzene rings is 1. The van der Waals surface area contributed by atoms with Crippen molar-refractivity contribution in [3.63, 3.8) is 0 Å². The van der Waals surface area contributed by atoms with E-state index in [2.05, 4.69) is 4.90 Å². The van der Waals surface area contributed by atoms with Crippen molar-refractivity contribution in [3.8, 4) is 0 Å². The Labute approximate surface area is 120 Å². The first-order valence-electron chi connectivity index (χ1n) is 7.43. The van der Waals surface area contributed by atoms with Crippen molar-refractivity contribution in [1.82, 2.24) is 9.80 Å². The molecule has 0 bridgehead atoms. The molecular weight excluding hydrogens is 255 g/mol. The quantitative estimate of drug-likeness (QED) is 0.826. The Hall–Kier alpha value is -1.42. The van der Waals surface area contributed by atoms with Crippen LogP contribution in [-0.2, 0) is 11.3 Å². The van der Waals surface area contributed by atoms with Crippen LogP contribution in [0.3, 0.4) is 0 Å². The van der Waals surface area contributed by atoms with Crippen LogP contribution >= 0.6 is 0 Å². The number of hydrogen-bond donors (Lipinski definition) is 0. The van der Waals surface area contributed by atoms with Crippen LogP contribution in [0.1, 0.15) is 31.7 Å². The molecule has 2 rings (SSSR count). The molecule has 1 aliphatic rings. The SMILES string of the molecule is CCN(CC(=O)N1CCCCC1)Cc1cccc(F)c1. The highest BCUT2D eigenvalue weighted by atomic mass is 19.1. The Morgan fingerprint density at radius 3 is 2.70 bits per heavy atom. The van der Waals surface area contributed by atoms with Crippen LogP contribution in [0.2, 0.25) is 0 Å². The highest BCUT2D eigenvalue weighted by Crippen LogP contribution is 2.11. The molecule has 20 heavy (non-hydrogen) atoms. The Morgan fingerprint density at radius 2 is 2.05 bits per heavy atom. The van der Waals surface area contributed by atoms with Gasteiger partial charge in [0.15, 0.2) is 0 Å². The summed E-state index contributed by atoms with van der Waals surface area (Å²) in [7, 11) is 0. The summed E-state index contributed by atoms with van der Waals surface area (Å²) in [6.45, 7) is 5.63. The van der Waals surface area contributed by atoms with Crippen LogP contribution in [0.15, 0.2) is 24.3 Å². The molecule has 0 aliphatic carbocycles. The molecule has 1 heterocycles. The van der Waals surface area contributed by atoms with E-state index in [0.717, 1.165) is 38.0 Å². The Kier molecular flexibility index (Phi) is 5.53. The molecule has 0 N–H and O–H groups in total. The molecule has 110 valence electrons. The van der Waals surface area contributed by atoms with Gasteiger partial charge in [-0.1, -0.05) is 19.1 Å². The number of halogens is 1. The summed E-state index contributed by atoms with van der Waals surface area (Å²) in [5.41, 5.74) is 0.915. The zero-order chi connectivity index (χ0) is 14.4. The standard InChI is InChI=1S/C16H23FN2O/c1-2-18(12-14-7-6-8-15(17)11-14)13-16(20)19-9-4-3-5-10-19/h6-8,11H,2-5,9-10,12-13H2,1H3. The maximum Gasteiger partial charge on any atom is 0.236 e. The molecule has 3 nitrogen and oxygen atoms in total. The number of hydrogen-bond acceptors (Lipinski definition) is 2. The average molecular weight is 278 g/mol. The van der Waals surface area contributed by atoms with Gasteiger partial charge in [-0.15, -0.1) is 0 Å². The molecule has 0 atom stereocenters. The number of rotatable bonds is 5. The fraction of sp³-hybridized carbons (Fsp3) is 0.562. The fourth-order valence-electron chi connectivity index (χ4n) is 2.61. The summed E-state index contributed by atoms with van der Waals surface area (Å²) in [5, 5.41) is 0. The van der Waals surface area contributed by atoms with E-state index in [4.69, 9.17) is 0 Å². The van der Waals surface area contributed by atoms with Gasteiger partial charge in [0.2, 0.25) is 5.91 Å². The largest absolute Gasteiger partial charge is 0.342 e. The van der Waals surface area contributed by atoms with Crippen LogP contribution in [-0.4, -0.2) is 41.9 Å². The fourth-order valence-corrected chi connectivity index (χ4v) is 2.61. The van der Waals surface area contributed by atoms with Crippen molar-refractivity contribution in [3.05, 3.63) is 35.6 Å². The van der Waals surface area contributed by atoms with Gasteiger partial charge in [-0.25, -0.2) is 4.39 Å². The van der Waals surface area contributed by atoms with Gasteiger partial charge in [-0.3, -0.25) is 9.69 Å². The van der Waals surface area contributed by atoms with E-state index in [0.29, 0.717) is 13.1 Å². The second-order valence-electron chi connectivity index (χ2n) is 5.37. The minimum absolute atomic E-state index is 0.197. The first-order valence-corrected chi connectivity index (χ1v) is 7.43. The lowest BCUT2D eigenvalue weighted by atomic mass is 10.1. The van der Waals surface area contributed by atoms with Crippen LogP contribution in [0.25, 0.3) is 0 Å². The van der Waals surface area contributed by atoms with Gasteiger partial charge in [-0.05, 0) is 43.5 Å². The van der Waals surface area contributed by atoms with Crippen molar-refractivity contribution in [2.45, 2.75) is 32.7 Å². The van der Waals surface area contributed by atoms with Gasteiger partial charge in [0.05, 0.1) is 6.54 Å². The molecule has 0 radical (unpaired) electrons. The number of likely N-dealkylation sites (N-methyl/N-ethyl adjacent to an activating group) is 1. The molecule has 0 aromatic heterocycles. The highest BCUT2D eigenvalue weighted by molar-refractivity contribution is 5.78. The molecule has 1 amide bonds. The summed E-state index contributed by atoms with van der Waals surface area (Å²) in [5.74, 6) is -0.0242. The molecule has 0 saturated carbocycles. The summed E-state index contributed by atoms with van der Waals surface area (Å²) in [6, 6.07) is 6.59. The third-order valence-corrected chi connectivity index (χ3v) is 3.81. The molecule has 1 saturated heterocycles. The number of amides is 1. The van der Waals surface area contributed by atoms with Crippen molar-refractivity contribution < 1.29 is 9.18 Å². The summed E-state index contributed by atoms with van der Waals surface area (Å²) in [4.78, 5) is 16.3. The zero-order valence-corrected chi connectivity index (χ0v) is 12.1. The lowest BCUT2D eigenvalue weighted by Crippen LogP contribution is -2.42.